The number of aromatic amines is 1. The van der Waals surface area contributed by atoms with E-state index in [9.17, 15) is 19.2 Å². The summed E-state index contributed by atoms with van der Waals surface area (Å²) in [5.41, 5.74) is 1.25. The highest BCUT2D eigenvalue weighted by atomic mass is 19.1. The van der Waals surface area contributed by atoms with E-state index in [4.69, 9.17) is 0 Å². The minimum Gasteiger partial charge on any atom is -0.339 e. The van der Waals surface area contributed by atoms with Crippen LogP contribution in [0.5, 0.6) is 0 Å². The first-order chi connectivity index (χ1) is 15.0. The van der Waals surface area contributed by atoms with Gasteiger partial charge in [0, 0.05) is 37.0 Å². The largest absolute Gasteiger partial charge is 0.339 e. The molecule has 3 aromatic heterocycles. The van der Waals surface area contributed by atoms with Gasteiger partial charge in [-0.3, -0.25) is 18.8 Å². The summed E-state index contributed by atoms with van der Waals surface area (Å²) in [6.45, 7) is 2.70. The molecule has 0 saturated heterocycles. The van der Waals surface area contributed by atoms with Crippen molar-refractivity contribution in [2.24, 2.45) is 0 Å². The highest BCUT2D eigenvalue weighted by molar-refractivity contribution is 5.62. The quantitative estimate of drug-likeness (QED) is 0.542. The lowest BCUT2D eigenvalue weighted by Crippen LogP contribution is -2.25. The molecule has 0 bridgehead atoms. The molecule has 31 heavy (non-hydrogen) atoms. The molecule has 3 heterocycles. The molecule has 0 aliphatic carbocycles. The second-order valence-electron chi connectivity index (χ2n) is 6.98. The molecule has 4 aromatic rings. The van der Waals surface area contributed by atoms with Crippen molar-refractivity contribution >= 4 is 0 Å². The molecular formula is C23H18FN5O2. The number of pyridine rings is 2. The Bertz CT molecular complexity index is 1410. The van der Waals surface area contributed by atoms with Gasteiger partial charge < -0.3 is 4.98 Å². The van der Waals surface area contributed by atoms with Crippen LogP contribution in [0.3, 0.4) is 0 Å². The highest BCUT2D eigenvalue weighted by Gasteiger charge is 2.15. The number of aromatic nitrogens is 4. The van der Waals surface area contributed by atoms with Crippen LogP contribution in [-0.2, 0) is 13.0 Å². The summed E-state index contributed by atoms with van der Waals surface area (Å²) in [7, 11) is 0. The van der Waals surface area contributed by atoms with E-state index in [1.807, 2.05) is 19.2 Å². The minimum absolute atomic E-state index is 0.0745. The number of benzene rings is 1. The van der Waals surface area contributed by atoms with Gasteiger partial charge in [0.05, 0.1) is 11.9 Å². The lowest BCUT2D eigenvalue weighted by atomic mass is 10.1. The highest BCUT2D eigenvalue weighted by Crippen LogP contribution is 2.19. The Kier molecular flexibility index (Phi) is 5.33. The van der Waals surface area contributed by atoms with E-state index >= 15 is 0 Å². The van der Waals surface area contributed by atoms with Crippen LogP contribution < -0.4 is 11.0 Å². The van der Waals surface area contributed by atoms with Crippen molar-refractivity contribution in [3.63, 3.8) is 0 Å². The van der Waals surface area contributed by atoms with Gasteiger partial charge in [0.2, 0.25) is 5.43 Å². The van der Waals surface area contributed by atoms with Crippen molar-refractivity contribution < 1.29 is 4.39 Å². The van der Waals surface area contributed by atoms with Gasteiger partial charge in [-0.15, -0.1) is 0 Å². The zero-order valence-electron chi connectivity index (χ0n) is 16.7. The van der Waals surface area contributed by atoms with Gasteiger partial charge >= 0.3 is 0 Å². The fourth-order valence-electron chi connectivity index (χ4n) is 3.36. The van der Waals surface area contributed by atoms with Crippen molar-refractivity contribution in [1.29, 1.82) is 5.26 Å². The Morgan fingerprint density at radius 2 is 1.97 bits per heavy atom. The topological polar surface area (TPSA) is 96.5 Å². The zero-order chi connectivity index (χ0) is 22.0. The fraction of sp³-hybridized carbons (Fsp3) is 0.130. The maximum Gasteiger partial charge on any atom is 0.259 e. The number of halogens is 1. The van der Waals surface area contributed by atoms with Crippen molar-refractivity contribution in [2.75, 3.05) is 0 Å². The van der Waals surface area contributed by atoms with Crippen LogP contribution in [0.2, 0.25) is 0 Å². The van der Waals surface area contributed by atoms with Crippen molar-refractivity contribution in [3.8, 4) is 23.1 Å². The van der Waals surface area contributed by atoms with Crippen LogP contribution in [0, 0.1) is 17.1 Å². The van der Waals surface area contributed by atoms with Gasteiger partial charge in [0.25, 0.3) is 5.56 Å². The average Bonchev–Trinajstić information content (AvgIpc) is 3.23. The lowest BCUT2D eigenvalue weighted by Gasteiger charge is -2.12. The molecule has 0 unspecified atom stereocenters. The van der Waals surface area contributed by atoms with Crippen molar-refractivity contribution in [2.45, 2.75) is 19.9 Å². The maximum atomic E-state index is 13.3. The van der Waals surface area contributed by atoms with Crippen LogP contribution in [0.4, 0.5) is 4.39 Å². The molecule has 0 spiro atoms. The molecule has 0 saturated carbocycles. The SMILES string of the molecule is CCn1cc(Cc2cccn(-c3[nH]c(-c4ccc(F)cc4)cc(=O)c3C#N)c2=O)cn1. The molecule has 0 aliphatic rings. The number of nitrogens with one attached hydrogen (secondary N) is 1. The Balaban J connectivity index is 1.83. The predicted molar refractivity (Wildman–Crippen MR) is 113 cm³/mol. The Hall–Kier alpha value is -4.25. The van der Waals surface area contributed by atoms with Gasteiger partial charge in [-0.1, -0.05) is 6.07 Å². The number of nitrogens with zero attached hydrogens (tertiary/aromatic N) is 4. The Morgan fingerprint density at radius 1 is 1.19 bits per heavy atom. The van der Waals surface area contributed by atoms with Crippen LogP contribution in [0.25, 0.3) is 17.1 Å². The normalized spacial score (nSPS) is 10.7. The lowest BCUT2D eigenvalue weighted by molar-refractivity contribution is 0.628. The Labute approximate surface area is 176 Å². The molecule has 0 aliphatic heterocycles. The van der Waals surface area contributed by atoms with E-state index in [1.54, 1.807) is 23.0 Å². The molecule has 1 aromatic carbocycles. The molecule has 1 N–H and O–H groups in total. The third kappa shape index (κ3) is 3.94. The second-order valence-corrected chi connectivity index (χ2v) is 6.98. The number of hydrogen-bond acceptors (Lipinski definition) is 4. The number of H-pyrrole nitrogens is 1. The van der Waals surface area contributed by atoms with Crippen LogP contribution in [0.1, 0.15) is 23.6 Å². The zero-order valence-corrected chi connectivity index (χ0v) is 16.7. The molecule has 154 valence electrons. The van der Waals surface area contributed by atoms with Gasteiger partial charge in [-0.2, -0.15) is 10.4 Å². The van der Waals surface area contributed by atoms with Crippen molar-refractivity contribution in [3.05, 3.63) is 104 Å². The van der Waals surface area contributed by atoms with Crippen LogP contribution >= 0.6 is 0 Å². The van der Waals surface area contributed by atoms with E-state index in [2.05, 4.69) is 10.1 Å². The summed E-state index contributed by atoms with van der Waals surface area (Å²) in [4.78, 5) is 28.8. The number of aryl methyl sites for hydroxylation is 1. The van der Waals surface area contributed by atoms with Gasteiger partial charge in [0.1, 0.15) is 23.3 Å². The van der Waals surface area contributed by atoms with Gasteiger partial charge in [-0.05, 0) is 48.4 Å². The Morgan fingerprint density at radius 3 is 2.65 bits per heavy atom. The third-order valence-electron chi connectivity index (χ3n) is 4.95. The number of rotatable bonds is 5. The summed E-state index contributed by atoms with van der Waals surface area (Å²) < 4.78 is 16.3. The van der Waals surface area contributed by atoms with Crippen LogP contribution in [-0.4, -0.2) is 19.3 Å². The third-order valence-corrected chi connectivity index (χ3v) is 4.95. The van der Waals surface area contributed by atoms with Gasteiger partial charge in [-0.25, -0.2) is 4.39 Å². The fourth-order valence-corrected chi connectivity index (χ4v) is 3.36. The summed E-state index contributed by atoms with van der Waals surface area (Å²) in [5.74, 6) is -0.333. The molecule has 0 amide bonds. The average molecular weight is 415 g/mol. The maximum absolute atomic E-state index is 13.3. The standard InChI is InChI=1S/C23H18FN5O2/c1-2-28-14-15(13-26-28)10-17-4-3-9-29(23(17)31)22-19(12-25)21(30)11-20(27-22)16-5-7-18(24)8-6-16/h3-9,11,13-14H,2,10H2,1H3,(H,27,30). The monoisotopic (exact) mass is 415 g/mol. The summed E-state index contributed by atoms with van der Waals surface area (Å²) >= 11 is 0. The van der Waals surface area contributed by atoms with Crippen molar-refractivity contribution in [1.82, 2.24) is 19.3 Å². The van der Waals surface area contributed by atoms with E-state index in [-0.39, 0.29) is 16.9 Å². The predicted octanol–water partition coefficient (Wildman–Crippen LogP) is 3.01. The minimum atomic E-state index is -0.530. The van der Waals surface area contributed by atoms with E-state index < -0.39 is 11.2 Å². The summed E-state index contributed by atoms with van der Waals surface area (Å²) in [5, 5.41) is 13.8. The molecular weight excluding hydrogens is 397 g/mol. The molecule has 0 radical (unpaired) electrons. The van der Waals surface area contributed by atoms with E-state index in [1.165, 1.54) is 41.1 Å². The number of nitriles is 1. The number of hydrogen-bond donors (Lipinski definition) is 1. The molecule has 0 fully saturated rings. The summed E-state index contributed by atoms with van der Waals surface area (Å²) in [6.07, 6.45) is 5.44. The summed E-state index contributed by atoms with van der Waals surface area (Å²) in [6, 6.07) is 12.1. The molecule has 0 atom stereocenters. The first-order valence-electron chi connectivity index (χ1n) is 9.65. The second kappa shape index (κ2) is 8.24. The first-order valence-corrected chi connectivity index (χ1v) is 9.65. The molecule has 8 heteroatoms. The van der Waals surface area contributed by atoms with E-state index in [0.29, 0.717) is 23.2 Å². The molecule has 4 rings (SSSR count). The first kappa shape index (κ1) is 20.0. The van der Waals surface area contributed by atoms with Crippen LogP contribution in [0.15, 0.2) is 70.6 Å². The molecule has 7 nitrogen and oxygen atoms in total. The van der Waals surface area contributed by atoms with E-state index in [0.717, 1.165) is 12.1 Å². The smallest absolute Gasteiger partial charge is 0.259 e. The van der Waals surface area contributed by atoms with Gasteiger partial charge in [0.15, 0.2) is 0 Å².